The van der Waals surface area contributed by atoms with Crippen LogP contribution in [0.25, 0.3) is 0 Å². The van der Waals surface area contributed by atoms with Gasteiger partial charge in [-0.05, 0) is 0 Å². The maximum atomic E-state index is 10.9. The van der Waals surface area contributed by atoms with E-state index >= 15 is 0 Å². The van der Waals surface area contributed by atoms with E-state index in [4.69, 9.17) is 15.3 Å². The molecule has 11 heteroatoms. The van der Waals surface area contributed by atoms with Crippen LogP contribution in [0.5, 0.6) is 0 Å². The zero-order chi connectivity index (χ0) is 13.8. The Labute approximate surface area is 94.3 Å². The Bertz CT molecular complexity index is 334. The van der Waals surface area contributed by atoms with Crippen LogP contribution in [0.3, 0.4) is 0 Å². The molecule has 3 atom stereocenters. The number of Topliss-reactive ketones (excluding diaryl/α,β-unsaturated/α-hetero) is 1. The number of aliphatic hydroxyl groups is 3. The van der Waals surface area contributed by atoms with E-state index in [-0.39, 0.29) is 0 Å². The Morgan fingerprint density at radius 1 is 1.24 bits per heavy atom. The number of phosphoric acid groups is 1. The molecule has 3 N–H and O–H groups in total. The lowest BCUT2D eigenvalue weighted by Gasteiger charge is -2.30. The maximum Gasteiger partial charge on any atom is 0.198 e. The molecule has 0 aliphatic heterocycles. The van der Waals surface area contributed by atoms with E-state index in [1.165, 1.54) is 0 Å². The largest absolute Gasteiger partial charge is 0.790 e. The van der Waals surface area contributed by atoms with Crippen molar-refractivity contribution < 1.29 is 48.9 Å². The molecule has 0 aliphatic rings. The molecule has 0 fully saturated rings. The van der Waals surface area contributed by atoms with Crippen LogP contribution in [0.2, 0.25) is 0 Å². The number of carbonyl (C=O) groups is 2. The third-order valence-corrected chi connectivity index (χ3v) is 2.02. The third-order valence-electron chi connectivity index (χ3n) is 1.55. The molecule has 0 radical (unpaired) electrons. The summed E-state index contributed by atoms with van der Waals surface area (Å²) in [6.07, 6.45) is -7.31. The first-order valence-corrected chi connectivity index (χ1v) is 5.47. The number of carboxylic acids is 1. The Morgan fingerprint density at radius 2 is 1.71 bits per heavy atom. The van der Waals surface area contributed by atoms with Gasteiger partial charge in [0.2, 0.25) is 0 Å². The van der Waals surface area contributed by atoms with Gasteiger partial charge in [-0.15, -0.1) is 0 Å². The highest BCUT2D eigenvalue weighted by atomic mass is 31.2. The Kier molecular flexibility index (Phi) is 5.85. The minimum absolute atomic E-state index is 1.25. The monoisotopic (exact) mass is 271 g/mol. The summed E-state index contributed by atoms with van der Waals surface area (Å²) in [6.45, 7) is -1.25. The van der Waals surface area contributed by atoms with Gasteiger partial charge in [-0.1, -0.05) is 0 Å². The van der Waals surface area contributed by atoms with Crippen molar-refractivity contribution >= 4 is 19.6 Å². The topological polar surface area (TPSA) is 190 Å². The van der Waals surface area contributed by atoms with Gasteiger partial charge in [-0.2, -0.15) is 0 Å². The van der Waals surface area contributed by atoms with E-state index in [9.17, 15) is 29.0 Å². The van der Waals surface area contributed by atoms with E-state index in [1.807, 2.05) is 0 Å². The summed E-state index contributed by atoms with van der Waals surface area (Å²) in [6, 6.07) is 0. The van der Waals surface area contributed by atoms with Crippen molar-refractivity contribution in [1.29, 1.82) is 0 Å². The molecule has 0 aromatic heterocycles. The molecule has 0 unspecified atom stereocenters. The molecule has 17 heavy (non-hydrogen) atoms. The van der Waals surface area contributed by atoms with Crippen LogP contribution in [0.1, 0.15) is 0 Å². The second-order valence-electron chi connectivity index (χ2n) is 2.88. The zero-order valence-corrected chi connectivity index (χ0v) is 8.98. The quantitative estimate of drug-likeness (QED) is 0.297. The molecule has 0 spiro atoms. The van der Waals surface area contributed by atoms with Gasteiger partial charge in [0.1, 0.15) is 12.2 Å². The van der Waals surface area contributed by atoms with E-state index in [1.54, 1.807) is 0 Å². The van der Waals surface area contributed by atoms with Crippen molar-refractivity contribution in [3.8, 4) is 0 Å². The minimum atomic E-state index is -5.41. The molecule has 100 valence electrons. The molecule has 0 saturated carbocycles. The molecule has 0 aromatic rings. The highest BCUT2D eigenvalue weighted by Gasteiger charge is 2.30. The minimum Gasteiger partial charge on any atom is -0.790 e. The number of carbonyl (C=O) groups excluding carboxylic acids is 2. The number of aliphatic hydroxyl groups excluding tert-OH is 3. The average molecular weight is 271 g/mol. The molecule has 0 amide bonds. The van der Waals surface area contributed by atoms with Crippen molar-refractivity contribution in [2.24, 2.45) is 0 Å². The van der Waals surface area contributed by atoms with Gasteiger partial charge in [-0.3, -0.25) is 4.79 Å². The van der Waals surface area contributed by atoms with E-state index in [0.29, 0.717) is 0 Å². The van der Waals surface area contributed by atoms with E-state index < -0.39 is 44.5 Å². The van der Waals surface area contributed by atoms with Crippen LogP contribution in [0, 0.1) is 0 Å². The van der Waals surface area contributed by atoms with Gasteiger partial charge in [0.05, 0.1) is 20.4 Å². The predicted molar refractivity (Wildman–Crippen MR) is 41.6 cm³/mol. The predicted octanol–water partition coefficient (Wildman–Crippen LogP) is -5.77. The van der Waals surface area contributed by atoms with E-state index in [0.717, 1.165) is 0 Å². The highest BCUT2D eigenvalue weighted by Crippen LogP contribution is 2.24. The van der Waals surface area contributed by atoms with Gasteiger partial charge in [0, 0.05) is 0 Å². The molecular formula is C6H8O10P-3. The molecule has 10 nitrogen and oxygen atoms in total. The molecule has 0 bridgehead atoms. The number of rotatable bonds is 7. The molecule has 0 saturated heterocycles. The molecule has 0 rings (SSSR count). The molecule has 0 aliphatic carbocycles. The summed E-state index contributed by atoms with van der Waals surface area (Å²) in [4.78, 5) is 40.9. The zero-order valence-electron chi connectivity index (χ0n) is 8.09. The molecule has 0 heterocycles. The average Bonchev–Trinajstić information content (AvgIpc) is 2.21. The lowest BCUT2D eigenvalue weighted by atomic mass is 10.1. The Morgan fingerprint density at radius 3 is 2.06 bits per heavy atom. The highest BCUT2D eigenvalue weighted by molar-refractivity contribution is 7.43. The van der Waals surface area contributed by atoms with Crippen molar-refractivity contribution in [1.82, 2.24) is 0 Å². The number of hydrogen-bond donors (Lipinski definition) is 3. The number of aliphatic carboxylic acids is 1. The fourth-order valence-corrected chi connectivity index (χ4v) is 1.06. The number of carboxylic acid groups (broad SMARTS) is 1. The first-order valence-electron chi connectivity index (χ1n) is 4.01. The van der Waals surface area contributed by atoms with Gasteiger partial charge in [-0.25, -0.2) is 0 Å². The fourth-order valence-electron chi connectivity index (χ4n) is 0.726. The van der Waals surface area contributed by atoms with Gasteiger partial charge in [0.15, 0.2) is 11.9 Å². The van der Waals surface area contributed by atoms with Crippen molar-refractivity contribution in [2.75, 3.05) is 6.61 Å². The summed E-state index contributed by atoms with van der Waals surface area (Å²) >= 11 is 0. The smallest absolute Gasteiger partial charge is 0.198 e. The third kappa shape index (κ3) is 5.84. The van der Waals surface area contributed by atoms with Crippen molar-refractivity contribution in [3.05, 3.63) is 0 Å². The van der Waals surface area contributed by atoms with Crippen LogP contribution >= 0.6 is 7.82 Å². The van der Waals surface area contributed by atoms with E-state index in [2.05, 4.69) is 4.52 Å². The molecular weight excluding hydrogens is 263 g/mol. The number of hydrogen-bond acceptors (Lipinski definition) is 10. The first kappa shape index (κ1) is 16.1. The van der Waals surface area contributed by atoms with Crippen LogP contribution in [0.4, 0.5) is 0 Å². The summed E-state index contributed by atoms with van der Waals surface area (Å²) in [5, 5.41) is 36.6. The Hall–Kier alpha value is -0.870. The number of phosphoric ester groups is 1. The summed E-state index contributed by atoms with van der Waals surface area (Å²) < 4.78 is 13.5. The summed E-state index contributed by atoms with van der Waals surface area (Å²) in [7, 11) is -5.41. The van der Waals surface area contributed by atoms with Crippen LogP contribution in [-0.4, -0.2) is 52.0 Å². The lowest BCUT2D eigenvalue weighted by Crippen LogP contribution is -2.49. The van der Waals surface area contributed by atoms with Gasteiger partial charge >= 0.3 is 0 Å². The number of ketones is 1. The second kappa shape index (κ2) is 6.17. The standard InChI is InChI=1S/C6H11O10P/c7-2(1-16-17(13,14)15)3(8)4(9)5(10)6(11)12/h2-3,5,7-8,10H,1H2,(H,11,12)(H2,13,14,15)/p-3/t2-,3+,5-/m0/s1. The van der Waals surface area contributed by atoms with Crippen LogP contribution < -0.4 is 14.9 Å². The maximum absolute atomic E-state index is 10.9. The summed E-state index contributed by atoms with van der Waals surface area (Å²) in [5.41, 5.74) is 0. The second-order valence-corrected chi connectivity index (χ2v) is 4.03. The summed E-state index contributed by atoms with van der Waals surface area (Å²) in [5.74, 6) is -3.94. The first-order chi connectivity index (χ1) is 7.56. The van der Waals surface area contributed by atoms with Crippen LogP contribution in [0.15, 0.2) is 0 Å². The SMILES string of the molecule is O=C([O-])[C@@H](O)C(=O)[C@H](O)[C@@H](O)COP(=O)([O-])[O-]. The van der Waals surface area contributed by atoms with Crippen molar-refractivity contribution in [2.45, 2.75) is 18.3 Å². The lowest BCUT2D eigenvalue weighted by molar-refractivity contribution is -0.343. The van der Waals surface area contributed by atoms with Crippen LogP contribution in [-0.2, 0) is 18.7 Å². The Balaban J connectivity index is 4.40. The van der Waals surface area contributed by atoms with Crippen molar-refractivity contribution in [3.63, 3.8) is 0 Å². The fraction of sp³-hybridized carbons (Fsp3) is 0.667. The van der Waals surface area contributed by atoms with Gasteiger partial charge < -0.3 is 44.1 Å². The molecule has 0 aromatic carbocycles. The normalized spacial score (nSPS) is 17.2. The van der Waals surface area contributed by atoms with Gasteiger partial charge in [0.25, 0.3) is 0 Å².